The smallest absolute Gasteiger partial charge is 0.396 e. The number of aromatic nitrogens is 3. The number of rotatable bonds is 1. The fraction of sp³-hybridized carbons (Fsp3) is 0.214. The van der Waals surface area contributed by atoms with E-state index in [1.54, 1.807) is 31.0 Å². The molecule has 0 saturated heterocycles. The average Bonchev–Trinajstić information content (AvgIpc) is 2.89. The molecule has 4 nitrogen and oxygen atoms in total. The summed E-state index contributed by atoms with van der Waals surface area (Å²) in [6.45, 7) is 0. The molecule has 0 bridgehead atoms. The summed E-state index contributed by atoms with van der Waals surface area (Å²) < 4.78 is 42.5. The zero-order chi connectivity index (χ0) is 15.4. The van der Waals surface area contributed by atoms with Crippen molar-refractivity contribution in [3.05, 3.63) is 36.2 Å². The summed E-state index contributed by atoms with van der Waals surface area (Å²) in [5.41, 5.74) is 7.04. The largest absolute Gasteiger partial charge is 0.418 e. The molecule has 2 N–H and O–H groups in total. The molecule has 110 valence electrons. The number of halogens is 3. The van der Waals surface area contributed by atoms with Crippen LogP contribution in [0.25, 0.3) is 22.2 Å². The van der Waals surface area contributed by atoms with Crippen molar-refractivity contribution in [1.29, 1.82) is 0 Å². The molecule has 0 radical (unpaired) electrons. The highest BCUT2D eigenvalue weighted by atomic mass is 19.4. The highest BCUT2D eigenvalue weighted by Gasteiger charge is 2.34. The molecule has 21 heavy (non-hydrogen) atoms. The summed E-state index contributed by atoms with van der Waals surface area (Å²) in [4.78, 5) is 0. The van der Waals surface area contributed by atoms with Gasteiger partial charge in [-0.2, -0.15) is 18.3 Å². The minimum absolute atomic E-state index is 0.139. The summed E-state index contributed by atoms with van der Waals surface area (Å²) in [5.74, 6) is 0. The Bertz CT molecular complexity index is 807. The van der Waals surface area contributed by atoms with Crippen LogP contribution in [0.15, 0.2) is 30.6 Å². The van der Waals surface area contributed by atoms with Crippen LogP contribution in [0.1, 0.15) is 5.56 Å². The van der Waals surface area contributed by atoms with Gasteiger partial charge in [0.25, 0.3) is 0 Å². The van der Waals surface area contributed by atoms with E-state index in [1.807, 2.05) is 0 Å². The van der Waals surface area contributed by atoms with Crippen molar-refractivity contribution >= 4 is 16.6 Å². The van der Waals surface area contributed by atoms with E-state index in [-0.39, 0.29) is 5.52 Å². The predicted octanol–water partition coefficient (Wildman–Crippen LogP) is 3.18. The van der Waals surface area contributed by atoms with E-state index >= 15 is 0 Å². The number of nitrogens with two attached hydrogens (primary N) is 1. The fourth-order valence-corrected chi connectivity index (χ4v) is 2.67. The lowest BCUT2D eigenvalue weighted by atomic mass is 10.1. The van der Waals surface area contributed by atoms with Gasteiger partial charge in [-0.15, -0.1) is 0 Å². The van der Waals surface area contributed by atoms with Crippen LogP contribution in [-0.2, 0) is 20.3 Å². The van der Waals surface area contributed by atoms with Crippen molar-refractivity contribution < 1.29 is 13.2 Å². The molecule has 3 rings (SSSR count). The monoisotopic (exact) mass is 294 g/mol. The molecular formula is C14H13F3N4. The molecule has 2 heterocycles. The maximum Gasteiger partial charge on any atom is 0.418 e. The number of alkyl halides is 3. The summed E-state index contributed by atoms with van der Waals surface area (Å²) in [6.07, 6.45) is -1.27. The Hall–Kier alpha value is -2.44. The molecule has 0 atom stereocenters. The number of aryl methyl sites for hydroxylation is 2. The Morgan fingerprint density at radius 2 is 1.90 bits per heavy atom. The number of fused-ring (bicyclic) bond motifs is 1. The van der Waals surface area contributed by atoms with Gasteiger partial charge in [-0.05, 0) is 6.07 Å². The Labute approximate surface area is 118 Å². The summed E-state index contributed by atoms with van der Waals surface area (Å²) >= 11 is 0. The maximum atomic E-state index is 13.2. The second kappa shape index (κ2) is 4.28. The predicted molar refractivity (Wildman–Crippen MR) is 74.5 cm³/mol. The summed E-state index contributed by atoms with van der Waals surface area (Å²) in [5, 5.41) is 4.54. The first kappa shape index (κ1) is 13.5. The zero-order valence-corrected chi connectivity index (χ0v) is 11.4. The number of benzene rings is 1. The standard InChI is InChI=1S/C14H13F3N4/c1-20-7-9(13-11(18)6-19-21(13)2)8-4-3-5-10(12(8)20)14(15,16)17/h3-7H,18H2,1-2H3. The van der Waals surface area contributed by atoms with Crippen molar-refractivity contribution in [2.75, 3.05) is 5.73 Å². The van der Waals surface area contributed by atoms with Gasteiger partial charge in [-0.25, -0.2) is 0 Å². The number of anilines is 1. The van der Waals surface area contributed by atoms with E-state index in [4.69, 9.17) is 5.73 Å². The third-order valence-electron chi connectivity index (χ3n) is 3.53. The first-order chi connectivity index (χ1) is 9.80. The van der Waals surface area contributed by atoms with Crippen LogP contribution in [0.3, 0.4) is 0 Å². The van der Waals surface area contributed by atoms with Gasteiger partial charge >= 0.3 is 6.18 Å². The lowest BCUT2D eigenvalue weighted by Crippen LogP contribution is -2.07. The van der Waals surface area contributed by atoms with Gasteiger partial charge in [-0.1, -0.05) is 12.1 Å². The van der Waals surface area contributed by atoms with Crippen molar-refractivity contribution in [2.24, 2.45) is 14.1 Å². The van der Waals surface area contributed by atoms with E-state index in [0.717, 1.165) is 6.07 Å². The molecule has 2 aromatic heterocycles. The van der Waals surface area contributed by atoms with E-state index in [0.29, 0.717) is 22.3 Å². The normalized spacial score (nSPS) is 12.2. The number of nitrogen functional groups attached to an aromatic ring is 1. The molecule has 7 heteroatoms. The van der Waals surface area contributed by atoms with Gasteiger partial charge < -0.3 is 10.3 Å². The second-order valence-corrected chi connectivity index (χ2v) is 4.93. The second-order valence-electron chi connectivity index (χ2n) is 4.93. The molecule has 3 aromatic rings. The van der Waals surface area contributed by atoms with E-state index in [2.05, 4.69) is 5.10 Å². The lowest BCUT2D eigenvalue weighted by molar-refractivity contribution is -0.136. The highest BCUT2D eigenvalue weighted by molar-refractivity contribution is 5.99. The molecule has 0 aliphatic heterocycles. The SMILES string of the molecule is Cn1ncc(N)c1-c1cn(C)c2c(C(F)(F)F)cccc12. The molecular weight excluding hydrogens is 281 g/mol. The topological polar surface area (TPSA) is 48.8 Å². The number of hydrogen-bond acceptors (Lipinski definition) is 2. The van der Waals surface area contributed by atoms with E-state index in [9.17, 15) is 13.2 Å². The van der Waals surface area contributed by atoms with Gasteiger partial charge in [-0.3, -0.25) is 4.68 Å². The van der Waals surface area contributed by atoms with Crippen LogP contribution in [0.5, 0.6) is 0 Å². The summed E-state index contributed by atoms with van der Waals surface area (Å²) in [6, 6.07) is 4.15. The first-order valence-electron chi connectivity index (χ1n) is 6.24. The Kier molecular flexibility index (Phi) is 2.76. The molecule has 0 amide bonds. The van der Waals surface area contributed by atoms with Crippen LogP contribution in [0.4, 0.5) is 18.9 Å². The van der Waals surface area contributed by atoms with Gasteiger partial charge in [0.15, 0.2) is 0 Å². The van der Waals surface area contributed by atoms with Crippen molar-refractivity contribution in [3.63, 3.8) is 0 Å². The van der Waals surface area contributed by atoms with Gasteiger partial charge in [0.1, 0.15) is 0 Å². The third-order valence-corrected chi connectivity index (χ3v) is 3.53. The lowest BCUT2D eigenvalue weighted by Gasteiger charge is -2.09. The van der Waals surface area contributed by atoms with Gasteiger partial charge in [0.2, 0.25) is 0 Å². The quantitative estimate of drug-likeness (QED) is 0.749. The zero-order valence-electron chi connectivity index (χ0n) is 11.4. The minimum Gasteiger partial charge on any atom is -0.396 e. The third kappa shape index (κ3) is 1.96. The Morgan fingerprint density at radius 3 is 2.48 bits per heavy atom. The van der Waals surface area contributed by atoms with Crippen molar-refractivity contribution in [1.82, 2.24) is 14.3 Å². The summed E-state index contributed by atoms with van der Waals surface area (Å²) in [7, 11) is 3.30. The van der Waals surface area contributed by atoms with E-state index < -0.39 is 11.7 Å². The van der Waals surface area contributed by atoms with Crippen LogP contribution in [-0.4, -0.2) is 14.3 Å². The van der Waals surface area contributed by atoms with Crippen LogP contribution in [0.2, 0.25) is 0 Å². The number of para-hydroxylation sites is 1. The fourth-order valence-electron chi connectivity index (χ4n) is 2.67. The molecule has 0 spiro atoms. The van der Waals surface area contributed by atoms with Crippen LogP contribution >= 0.6 is 0 Å². The minimum atomic E-state index is -4.40. The Morgan fingerprint density at radius 1 is 1.19 bits per heavy atom. The molecule has 0 unspecified atom stereocenters. The van der Waals surface area contributed by atoms with Gasteiger partial charge in [0.05, 0.1) is 28.7 Å². The highest BCUT2D eigenvalue weighted by Crippen LogP contribution is 2.39. The molecule has 0 fully saturated rings. The maximum absolute atomic E-state index is 13.2. The Balaban J connectivity index is 2.39. The molecule has 0 saturated carbocycles. The van der Waals surface area contributed by atoms with Crippen molar-refractivity contribution in [2.45, 2.75) is 6.18 Å². The average molecular weight is 294 g/mol. The van der Waals surface area contributed by atoms with Gasteiger partial charge in [0, 0.05) is 31.2 Å². The van der Waals surface area contributed by atoms with Crippen LogP contribution in [0, 0.1) is 0 Å². The number of hydrogen-bond donors (Lipinski definition) is 1. The van der Waals surface area contributed by atoms with E-state index in [1.165, 1.54) is 16.8 Å². The van der Waals surface area contributed by atoms with Crippen molar-refractivity contribution in [3.8, 4) is 11.3 Å². The molecule has 1 aromatic carbocycles. The molecule has 0 aliphatic rings. The number of nitrogens with zero attached hydrogens (tertiary/aromatic N) is 3. The molecule has 0 aliphatic carbocycles. The first-order valence-corrected chi connectivity index (χ1v) is 6.24. The van der Waals surface area contributed by atoms with Crippen LogP contribution < -0.4 is 5.73 Å².